The molecule has 2 heterocycles. The van der Waals surface area contributed by atoms with Crippen LogP contribution in [0.25, 0.3) is 22.4 Å². The monoisotopic (exact) mass is 268 g/mol. The van der Waals surface area contributed by atoms with Crippen molar-refractivity contribution in [3.63, 3.8) is 0 Å². The summed E-state index contributed by atoms with van der Waals surface area (Å²) in [4.78, 5) is 19.7. The van der Waals surface area contributed by atoms with E-state index in [2.05, 4.69) is 20.4 Å². The molecule has 0 bridgehead atoms. The molecule has 0 spiro atoms. The number of likely N-dealkylation sites (N-methyl/N-ethyl adjacent to an activating group) is 1. The maximum atomic E-state index is 11.3. The van der Waals surface area contributed by atoms with Crippen LogP contribution >= 0.6 is 0 Å². The lowest BCUT2D eigenvalue weighted by molar-refractivity contribution is -0.120. The molecule has 0 fully saturated rings. The zero-order chi connectivity index (χ0) is 13.9. The van der Waals surface area contributed by atoms with E-state index in [1.54, 1.807) is 13.2 Å². The summed E-state index contributed by atoms with van der Waals surface area (Å²) in [5, 5.41) is 7.31. The molecule has 1 aromatic carbocycles. The number of fused-ring (bicyclic) bond motifs is 1. The Labute approximate surface area is 114 Å². The quantitative estimate of drug-likeness (QED) is 0.779. The van der Waals surface area contributed by atoms with Crippen molar-refractivity contribution < 1.29 is 9.32 Å². The Morgan fingerprint density at radius 3 is 3.10 bits per heavy atom. The first-order valence-electron chi connectivity index (χ1n) is 6.14. The van der Waals surface area contributed by atoms with Crippen molar-refractivity contribution in [2.75, 3.05) is 7.05 Å². The van der Waals surface area contributed by atoms with Crippen LogP contribution in [-0.2, 0) is 11.2 Å². The van der Waals surface area contributed by atoms with Gasteiger partial charge >= 0.3 is 0 Å². The molecule has 0 aliphatic heterocycles. The number of nitrogens with one attached hydrogen (secondary N) is 1. The second-order valence-electron chi connectivity index (χ2n) is 4.28. The number of rotatable bonds is 3. The minimum atomic E-state index is -0.153. The van der Waals surface area contributed by atoms with Crippen LogP contribution in [0, 0.1) is 0 Å². The van der Waals surface area contributed by atoms with Crippen molar-refractivity contribution in [2.45, 2.75) is 6.42 Å². The molecule has 0 aliphatic rings. The lowest BCUT2D eigenvalue weighted by atomic mass is 10.1. The Morgan fingerprint density at radius 2 is 2.25 bits per heavy atom. The van der Waals surface area contributed by atoms with Gasteiger partial charge in [-0.2, -0.15) is 4.98 Å². The normalized spacial score (nSPS) is 10.7. The van der Waals surface area contributed by atoms with Gasteiger partial charge in [0.2, 0.25) is 5.91 Å². The lowest BCUT2D eigenvalue weighted by Gasteiger charge is -1.98. The Hall–Kier alpha value is -2.76. The first kappa shape index (κ1) is 12.3. The molecule has 2 aromatic heterocycles. The highest BCUT2D eigenvalue weighted by atomic mass is 16.5. The summed E-state index contributed by atoms with van der Waals surface area (Å²) in [5.41, 5.74) is 1.71. The van der Waals surface area contributed by atoms with Crippen LogP contribution in [0.2, 0.25) is 0 Å². The average Bonchev–Trinajstić information content (AvgIpc) is 2.95. The third-order valence-electron chi connectivity index (χ3n) is 2.92. The maximum absolute atomic E-state index is 11.3. The molecule has 1 amide bonds. The fourth-order valence-electron chi connectivity index (χ4n) is 1.88. The molecule has 100 valence electrons. The number of pyridine rings is 1. The molecule has 1 N–H and O–H groups in total. The summed E-state index contributed by atoms with van der Waals surface area (Å²) in [7, 11) is 1.57. The molecule has 0 aliphatic carbocycles. The van der Waals surface area contributed by atoms with Crippen LogP contribution in [0.15, 0.2) is 41.1 Å². The number of hydrogen-bond acceptors (Lipinski definition) is 5. The first-order valence-corrected chi connectivity index (χ1v) is 6.14. The molecule has 0 atom stereocenters. The molecule has 20 heavy (non-hydrogen) atoms. The molecule has 0 saturated heterocycles. The summed E-state index contributed by atoms with van der Waals surface area (Å²) in [6.07, 6.45) is 1.85. The highest BCUT2D eigenvalue weighted by Crippen LogP contribution is 2.22. The fraction of sp³-hybridized carbons (Fsp3) is 0.143. The predicted octanol–water partition coefficient (Wildman–Crippen LogP) is 1.57. The van der Waals surface area contributed by atoms with E-state index in [-0.39, 0.29) is 12.3 Å². The standard InChI is InChI=1S/C14H12N4O2/c1-15-13(19)8-12-17-14(20-18-12)10-4-5-11-9(7-10)3-2-6-16-11/h2-7H,8H2,1H3,(H,15,19). The van der Waals surface area contributed by atoms with Crippen molar-refractivity contribution in [1.29, 1.82) is 0 Å². The third kappa shape index (κ3) is 2.35. The summed E-state index contributed by atoms with van der Waals surface area (Å²) in [6.45, 7) is 0. The largest absolute Gasteiger partial charge is 0.359 e. The van der Waals surface area contributed by atoms with Crippen molar-refractivity contribution in [1.82, 2.24) is 20.4 Å². The summed E-state index contributed by atoms with van der Waals surface area (Å²) in [6, 6.07) is 9.53. The highest BCUT2D eigenvalue weighted by Gasteiger charge is 2.11. The maximum Gasteiger partial charge on any atom is 0.257 e. The first-order chi connectivity index (χ1) is 9.76. The second kappa shape index (κ2) is 5.08. The summed E-state index contributed by atoms with van der Waals surface area (Å²) in [5.74, 6) is 0.611. The zero-order valence-electron chi connectivity index (χ0n) is 10.8. The topological polar surface area (TPSA) is 80.9 Å². The van der Waals surface area contributed by atoms with Gasteiger partial charge in [0.15, 0.2) is 5.82 Å². The highest BCUT2D eigenvalue weighted by molar-refractivity contribution is 5.83. The SMILES string of the molecule is CNC(=O)Cc1noc(-c2ccc3ncccc3c2)n1. The van der Waals surface area contributed by atoms with Gasteiger partial charge in [-0.25, -0.2) is 0 Å². The van der Waals surface area contributed by atoms with Crippen LogP contribution in [0.3, 0.4) is 0 Å². The number of carbonyl (C=O) groups is 1. The lowest BCUT2D eigenvalue weighted by Crippen LogP contribution is -2.20. The molecular formula is C14H12N4O2. The Balaban J connectivity index is 1.92. The van der Waals surface area contributed by atoms with Gasteiger partial charge in [-0.3, -0.25) is 9.78 Å². The van der Waals surface area contributed by atoms with Gasteiger partial charge in [-0.05, 0) is 24.3 Å². The minimum absolute atomic E-state index is 0.106. The molecule has 0 radical (unpaired) electrons. The van der Waals surface area contributed by atoms with E-state index in [1.165, 1.54) is 0 Å². The molecule has 6 heteroatoms. The van der Waals surface area contributed by atoms with E-state index in [1.807, 2.05) is 30.3 Å². The van der Waals surface area contributed by atoms with Gasteiger partial charge < -0.3 is 9.84 Å². The van der Waals surface area contributed by atoms with Crippen molar-refractivity contribution >= 4 is 16.8 Å². The molecule has 3 aromatic rings. The van der Waals surface area contributed by atoms with Crippen molar-refractivity contribution in [3.05, 3.63) is 42.4 Å². The number of nitrogens with zero attached hydrogens (tertiary/aromatic N) is 3. The molecule has 3 rings (SSSR count). The molecule has 6 nitrogen and oxygen atoms in total. The van der Waals surface area contributed by atoms with Gasteiger partial charge in [-0.15, -0.1) is 0 Å². The Morgan fingerprint density at radius 1 is 1.35 bits per heavy atom. The summed E-state index contributed by atoms with van der Waals surface area (Å²) >= 11 is 0. The van der Waals surface area contributed by atoms with Gasteiger partial charge in [0.1, 0.15) is 0 Å². The second-order valence-corrected chi connectivity index (χ2v) is 4.28. The summed E-state index contributed by atoms with van der Waals surface area (Å²) < 4.78 is 5.18. The van der Waals surface area contributed by atoms with E-state index < -0.39 is 0 Å². The smallest absolute Gasteiger partial charge is 0.257 e. The van der Waals surface area contributed by atoms with Gasteiger partial charge in [0.25, 0.3) is 5.89 Å². The molecular weight excluding hydrogens is 256 g/mol. The van der Waals surface area contributed by atoms with Crippen LogP contribution in [-0.4, -0.2) is 28.1 Å². The molecule has 0 saturated carbocycles. The van der Waals surface area contributed by atoms with E-state index in [0.29, 0.717) is 11.7 Å². The van der Waals surface area contributed by atoms with Gasteiger partial charge in [0.05, 0.1) is 11.9 Å². The number of aromatic nitrogens is 3. The number of benzene rings is 1. The predicted molar refractivity (Wildman–Crippen MR) is 72.8 cm³/mol. The Kier molecular flexibility index (Phi) is 3.12. The third-order valence-corrected chi connectivity index (χ3v) is 2.92. The fourth-order valence-corrected chi connectivity index (χ4v) is 1.88. The zero-order valence-corrected chi connectivity index (χ0v) is 10.8. The van der Waals surface area contributed by atoms with Gasteiger partial charge in [-0.1, -0.05) is 11.2 Å². The van der Waals surface area contributed by atoms with Crippen molar-refractivity contribution in [3.8, 4) is 11.5 Å². The van der Waals surface area contributed by atoms with Crippen LogP contribution < -0.4 is 5.32 Å². The van der Waals surface area contributed by atoms with E-state index in [0.717, 1.165) is 16.5 Å². The van der Waals surface area contributed by atoms with E-state index in [9.17, 15) is 4.79 Å². The van der Waals surface area contributed by atoms with E-state index in [4.69, 9.17) is 4.52 Å². The number of amides is 1. The Bertz CT molecular complexity index is 766. The van der Waals surface area contributed by atoms with Crippen LogP contribution in [0.4, 0.5) is 0 Å². The van der Waals surface area contributed by atoms with Crippen LogP contribution in [0.1, 0.15) is 5.82 Å². The van der Waals surface area contributed by atoms with Crippen molar-refractivity contribution in [2.24, 2.45) is 0 Å². The van der Waals surface area contributed by atoms with E-state index >= 15 is 0 Å². The number of hydrogen-bond donors (Lipinski definition) is 1. The minimum Gasteiger partial charge on any atom is -0.359 e. The van der Waals surface area contributed by atoms with Gasteiger partial charge in [0, 0.05) is 24.2 Å². The van der Waals surface area contributed by atoms with Crippen LogP contribution in [0.5, 0.6) is 0 Å². The number of carbonyl (C=O) groups excluding carboxylic acids is 1. The molecule has 0 unspecified atom stereocenters. The average molecular weight is 268 g/mol.